The molecule has 0 aromatic carbocycles. The molecule has 12 heteroatoms. The second-order valence-electron chi connectivity index (χ2n) is 5.19. The Bertz CT molecular complexity index is 373. The Balaban J connectivity index is 0.00000529. The first-order valence-corrected chi connectivity index (χ1v) is 6.71. The molecule has 0 saturated carbocycles. The zero-order valence-corrected chi connectivity index (χ0v) is 13.3. The first-order valence-electron chi connectivity index (χ1n) is 6.71. The number of hydrogen-bond donors (Lipinski definition) is 10. The fraction of sp³-hybridized carbons (Fsp3) is 0.833. The maximum absolute atomic E-state index is 10.2. The molecule has 0 spiro atoms. The minimum absolute atomic E-state index is 0. The smallest absolute Gasteiger partial charge is 0.555 e. The molecule has 0 aromatic heterocycles. The van der Waals surface area contributed by atoms with E-state index >= 15 is 0 Å². The van der Waals surface area contributed by atoms with Crippen LogP contribution in [0.15, 0.2) is 0 Å². The number of aliphatic hydroxyl groups excluding tert-OH is 9. The number of aliphatic hydroxyl groups is 10. The van der Waals surface area contributed by atoms with E-state index in [4.69, 9.17) is 14.9 Å². The fourth-order valence-electron chi connectivity index (χ4n) is 2.17. The van der Waals surface area contributed by atoms with Crippen molar-refractivity contribution in [1.82, 2.24) is 0 Å². The van der Waals surface area contributed by atoms with E-state index in [1.807, 2.05) is 0 Å². The average molecular weight is 401 g/mol. The van der Waals surface area contributed by atoms with E-state index in [2.05, 4.69) is 0 Å². The van der Waals surface area contributed by atoms with Gasteiger partial charge < -0.3 is 55.8 Å². The fourth-order valence-corrected chi connectivity index (χ4v) is 2.17. The van der Waals surface area contributed by atoms with Crippen molar-refractivity contribution in [3.63, 3.8) is 0 Å². The van der Waals surface area contributed by atoms with Crippen LogP contribution in [0.3, 0.4) is 0 Å². The zero-order valence-electron chi connectivity index (χ0n) is 12.2. The molecule has 1 unspecified atom stereocenters. The van der Waals surface area contributed by atoms with Gasteiger partial charge in [-0.15, -0.1) is 6.10 Å². The molecule has 1 radical (unpaired) electrons. The summed E-state index contributed by atoms with van der Waals surface area (Å²) in [5.41, 5.74) is 0. The minimum atomic E-state index is -3.13. The summed E-state index contributed by atoms with van der Waals surface area (Å²) < 4.78 is 4.74. The Labute approximate surface area is 147 Å². The van der Waals surface area contributed by atoms with Crippen LogP contribution in [0.25, 0.3) is 0 Å². The molecule has 1 heterocycles. The van der Waals surface area contributed by atoms with Gasteiger partial charge in [0.2, 0.25) is 0 Å². The van der Waals surface area contributed by atoms with Gasteiger partial charge in [0.05, 0.1) is 18.5 Å². The van der Waals surface area contributed by atoms with Gasteiger partial charge in [-0.05, 0) is 12.2 Å². The summed E-state index contributed by atoms with van der Waals surface area (Å²) in [6.07, 6.45) is -14.7. The predicted molar refractivity (Wildman–Crippen MR) is 69.5 cm³/mol. The van der Waals surface area contributed by atoms with Crippen molar-refractivity contribution < 1.29 is 72.6 Å². The third-order valence-corrected chi connectivity index (χ3v) is 3.63. The summed E-state index contributed by atoms with van der Waals surface area (Å²) in [5, 5.41) is 95.5. The van der Waals surface area contributed by atoms with Gasteiger partial charge in [0.25, 0.3) is 0 Å². The molecule has 1 fully saturated rings. The molecular formula is C12H22CoO11. The van der Waals surface area contributed by atoms with Crippen LogP contribution in [0.1, 0.15) is 0 Å². The van der Waals surface area contributed by atoms with Gasteiger partial charge >= 0.3 is 16.8 Å². The average Bonchev–Trinajstić information content (AvgIpc) is 2.54. The van der Waals surface area contributed by atoms with Crippen molar-refractivity contribution in [1.29, 1.82) is 0 Å². The van der Waals surface area contributed by atoms with Crippen LogP contribution in [0, 0.1) is 12.5 Å². The molecule has 1 aliphatic heterocycles. The van der Waals surface area contributed by atoms with Crippen LogP contribution in [0.4, 0.5) is 0 Å². The Morgan fingerprint density at radius 1 is 1.08 bits per heavy atom. The molecule has 145 valence electrons. The van der Waals surface area contributed by atoms with E-state index < -0.39 is 67.8 Å². The van der Waals surface area contributed by atoms with E-state index in [1.54, 1.807) is 0 Å². The number of hydrogen-bond acceptors (Lipinski definition) is 11. The normalized spacial score (nSPS) is 37.6. The SMILES string of the molecule is OC[CH-][C@@H](O)[C@H](O)[C@@H](O)[C-](O)C1(O)O[C@H](CO)[C@@H](O)[C@H](O)[C@H]1O.[Co+2]. The Hall–Kier alpha value is 0.0665. The van der Waals surface area contributed by atoms with Crippen LogP contribution < -0.4 is 0 Å². The van der Waals surface area contributed by atoms with E-state index in [1.165, 1.54) is 0 Å². The maximum atomic E-state index is 10.2. The van der Waals surface area contributed by atoms with Crippen molar-refractivity contribution in [2.45, 2.75) is 48.5 Å². The molecule has 1 rings (SSSR count). The quantitative estimate of drug-likeness (QED) is 0.182. The largest absolute Gasteiger partial charge is 2.00 e. The molecule has 1 saturated heterocycles. The van der Waals surface area contributed by atoms with Crippen LogP contribution in [-0.2, 0) is 21.5 Å². The van der Waals surface area contributed by atoms with Crippen molar-refractivity contribution in [3.8, 4) is 0 Å². The summed E-state index contributed by atoms with van der Waals surface area (Å²) in [6, 6.07) is 0. The van der Waals surface area contributed by atoms with Crippen molar-refractivity contribution in [3.05, 3.63) is 12.5 Å². The monoisotopic (exact) mass is 401 g/mol. The summed E-state index contributed by atoms with van der Waals surface area (Å²) in [5.74, 6) is -3.13. The van der Waals surface area contributed by atoms with Gasteiger partial charge in [0, 0.05) is 0 Å². The molecule has 11 nitrogen and oxygen atoms in total. The third kappa shape index (κ3) is 4.61. The first kappa shape index (κ1) is 24.1. The first-order chi connectivity index (χ1) is 10.6. The van der Waals surface area contributed by atoms with Crippen LogP contribution in [0.5, 0.6) is 0 Å². The standard InChI is InChI=1S/C12H22O11.Co/c13-2-1-4(15)6(16)8(18)10(20)12(22)11(21)9(19)7(17)5(3-14)23-12;/h1,4-9,11,13-22H,2-3H2;/q-2;+2/t4-,5-,6+,7-,8-,9+,11-,12?;/m1./s1. The molecule has 0 aromatic rings. The molecule has 1 aliphatic rings. The zero-order chi connectivity index (χ0) is 17.9. The molecule has 0 amide bonds. The molecule has 8 atom stereocenters. The summed E-state index contributed by atoms with van der Waals surface area (Å²) in [7, 11) is 0. The van der Waals surface area contributed by atoms with Gasteiger partial charge in [-0.3, -0.25) is 6.42 Å². The predicted octanol–water partition coefficient (Wildman–Crippen LogP) is -5.67. The molecule has 10 N–H and O–H groups in total. The molecule has 24 heavy (non-hydrogen) atoms. The van der Waals surface area contributed by atoms with Gasteiger partial charge in [-0.1, -0.05) is 6.61 Å². The van der Waals surface area contributed by atoms with Crippen LogP contribution >= 0.6 is 0 Å². The minimum Gasteiger partial charge on any atom is -0.555 e. The van der Waals surface area contributed by atoms with Crippen LogP contribution in [0.2, 0.25) is 0 Å². The summed E-state index contributed by atoms with van der Waals surface area (Å²) >= 11 is 0. The summed E-state index contributed by atoms with van der Waals surface area (Å²) in [6.45, 7) is -1.56. The second-order valence-corrected chi connectivity index (χ2v) is 5.19. The Morgan fingerprint density at radius 2 is 1.62 bits per heavy atom. The van der Waals surface area contributed by atoms with Gasteiger partial charge in [0.1, 0.15) is 24.4 Å². The number of rotatable bonds is 7. The van der Waals surface area contributed by atoms with E-state index in [-0.39, 0.29) is 16.8 Å². The number of ether oxygens (including phenoxy) is 1. The second kappa shape index (κ2) is 9.68. The topological polar surface area (TPSA) is 212 Å². The Kier molecular flexibility index (Phi) is 9.70. The van der Waals surface area contributed by atoms with E-state index in [0.29, 0.717) is 0 Å². The van der Waals surface area contributed by atoms with Gasteiger partial charge in [0.15, 0.2) is 0 Å². The maximum Gasteiger partial charge on any atom is 2.00 e. The third-order valence-electron chi connectivity index (χ3n) is 3.63. The van der Waals surface area contributed by atoms with Gasteiger partial charge in [-0.25, -0.2) is 0 Å². The van der Waals surface area contributed by atoms with Crippen molar-refractivity contribution in [2.24, 2.45) is 0 Å². The Morgan fingerprint density at radius 3 is 2.08 bits per heavy atom. The van der Waals surface area contributed by atoms with E-state index in [0.717, 1.165) is 6.42 Å². The molecular weight excluding hydrogens is 379 g/mol. The summed E-state index contributed by atoms with van der Waals surface area (Å²) in [4.78, 5) is 0. The van der Waals surface area contributed by atoms with Crippen molar-refractivity contribution >= 4 is 0 Å². The molecule has 0 aliphatic carbocycles. The van der Waals surface area contributed by atoms with Gasteiger partial charge in [-0.2, -0.15) is 0 Å². The van der Waals surface area contributed by atoms with E-state index in [9.17, 15) is 40.9 Å². The van der Waals surface area contributed by atoms with Crippen molar-refractivity contribution in [2.75, 3.05) is 13.2 Å². The molecule has 0 bridgehead atoms. The van der Waals surface area contributed by atoms with Crippen LogP contribution in [-0.4, -0.2) is 113 Å².